The minimum Gasteiger partial charge on any atom is -0.393 e. The van der Waals surface area contributed by atoms with Crippen molar-refractivity contribution < 1.29 is 23.4 Å². The number of fused-ring (bicyclic) bond motifs is 2. The van der Waals surface area contributed by atoms with Crippen LogP contribution in [0.5, 0.6) is 0 Å². The van der Waals surface area contributed by atoms with Crippen LogP contribution in [0.1, 0.15) is 41.0 Å². The van der Waals surface area contributed by atoms with Gasteiger partial charge >= 0.3 is 0 Å². The minimum atomic E-state index is -3.01. The van der Waals surface area contributed by atoms with Gasteiger partial charge in [-0.2, -0.15) is 9.61 Å². The molecule has 4 heterocycles. The molecule has 1 aromatic carbocycles. The number of aliphatic hydroxyl groups is 1. The lowest BCUT2D eigenvalue weighted by molar-refractivity contribution is -0.110. The van der Waals surface area contributed by atoms with Crippen LogP contribution in [0.15, 0.2) is 30.5 Å². The highest BCUT2D eigenvalue weighted by molar-refractivity contribution is 6.31. The number of aryl methyl sites for hydroxylation is 1. The number of hydrogen-bond acceptors (Lipinski definition) is 7. The topological polar surface area (TPSA) is 119 Å². The van der Waals surface area contributed by atoms with Gasteiger partial charge in [0.05, 0.1) is 29.5 Å². The van der Waals surface area contributed by atoms with Gasteiger partial charge in [-0.3, -0.25) is 9.78 Å². The highest BCUT2D eigenvalue weighted by Gasteiger charge is 2.38. The van der Waals surface area contributed by atoms with E-state index in [4.69, 9.17) is 22.1 Å². The van der Waals surface area contributed by atoms with Gasteiger partial charge in [-0.1, -0.05) is 17.7 Å². The van der Waals surface area contributed by atoms with E-state index >= 15 is 0 Å². The Hall–Kier alpha value is -3.41. The molecule has 192 valence electrons. The predicted molar refractivity (Wildman–Crippen MR) is 133 cm³/mol. The maximum atomic E-state index is 13.9. The molecule has 4 aromatic rings. The van der Waals surface area contributed by atoms with Crippen LogP contribution in [0, 0.1) is 6.92 Å². The molecule has 1 aliphatic carbocycles. The summed E-state index contributed by atoms with van der Waals surface area (Å²) in [6.07, 6.45) is -0.576. The van der Waals surface area contributed by atoms with Crippen LogP contribution >= 0.6 is 11.6 Å². The summed E-state index contributed by atoms with van der Waals surface area (Å²) in [5, 5.41) is 15.0. The standard InChI is InChI=1S/C25H23ClF2N6O3/c1-11-19(17-4-5-30-18-6-12(26)2-3-16(17)18)25(33-9-15(10-33)37-14-7-13(35)8-14)34-24(31-11)20(23(29)36)21(32-34)22(27)28/h2-6,13-15,22,35H,7-10H2,1H3,(H2,29,36). The number of anilines is 1. The zero-order chi connectivity index (χ0) is 26.0. The Morgan fingerprint density at radius 1 is 1.24 bits per heavy atom. The molecule has 9 nitrogen and oxygen atoms in total. The van der Waals surface area contributed by atoms with Gasteiger partial charge in [-0.25, -0.2) is 13.8 Å². The molecule has 37 heavy (non-hydrogen) atoms. The average molecular weight is 529 g/mol. The Morgan fingerprint density at radius 2 is 2.00 bits per heavy atom. The number of carbonyl (C=O) groups excluding carboxylic acids is 1. The largest absolute Gasteiger partial charge is 0.393 e. The second-order valence-electron chi connectivity index (χ2n) is 9.49. The van der Waals surface area contributed by atoms with E-state index in [9.17, 15) is 18.7 Å². The third kappa shape index (κ3) is 3.97. The fourth-order valence-electron chi connectivity index (χ4n) is 5.11. The number of ether oxygens (including phenoxy) is 1. The summed E-state index contributed by atoms with van der Waals surface area (Å²) in [6.45, 7) is 2.70. The minimum absolute atomic E-state index is 0.00584. The van der Waals surface area contributed by atoms with Gasteiger partial charge in [0.25, 0.3) is 12.3 Å². The van der Waals surface area contributed by atoms with Crippen molar-refractivity contribution in [3.05, 3.63) is 52.4 Å². The maximum Gasteiger partial charge on any atom is 0.283 e. The highest BCUT2D eigenvalue weighted by Crippen LogP contribution is 2.41. The van der Waals surface area contributed by atoms with Gasteiger partial charge in [0, 0.05) is 35.3 Å². The first-order valence-corrected chi connectivity index (χ1v) is 12.2. The zero-order valence-electron chi connectivity index (χ0n) is 19.7. The van der Waals surface area contributed by atoms with E-state index in [1.165, 1.54) is 4.52 Å². The van der Waals surface area contributed by atoms with Crippen LogP contribution in [-0.4, -0.2) is 62.0 Å². The van der Waals surface area contributed by atoms with Gasteiger partial charge in [-0.05, 0) is 43.5 Å². The van der Waals surface area contributed by atoms with Crippen LogP contribution in [-0.2, 0) is 4.74 Å². The number of amides is 1. The summed E-state index contributed by atoms with van der Waals surface area (Å²) in [4.78, 5) is 23.1. The highest BCUT2D eigenvalue weighted by atomic mass is 35.5. The van der Waals surface area contributed by atoms with E-state index in [1.807, 2.05) is 17.0 Å². The number of alkyl halides is 2. The average Bonchev–Trinajstić information content (AvgIpc) is 3.18. The molecule has 3 aromatic heterocycles. The van der Waals surface area contributed by atoms with Gasteiger partial charge in [0.2, 0.25) is 0 Å². The summed E-state index contributed by atoms with van der Waals surface area (Å²) in [5.41, 5.74) is 6.98. The van der Waals surface area contributed by atoms with Crippen molar-refractivity contribution in [3.63, 3.8) is 0 Å². The van der Waals surface area contributed by atoms with Crippen molar-refractivity contribution >= 4 is 39.9 Å². The normalized spacial score (nSPS) is 20.0. The fraction of sp³-hybridized carbons (Fsp3) is 0.360. The van der Waals surface area contributed by atoms with Crippen molar-refractivity contribution in [1.29, 1.82) is 0 Å². The Morgan fingerprint density at radius 3 is 2.68 bits per heavy atom. The molecule has 0 spiro atoms. The number of aromatic nitrogens is 4. The molecule has 1 aliphatic heterocycles. The van der Waals surface area contributed by atoms with E-state index in [1.54, 1.807) is 25.3 Å². The lowest BCUT2D eigenvalue weighted by atomic mass is 9.92. The van der Waals surface area contributed by atoms with Crippen molar-refractivity contribution in [1.82, 2.24) is 19.6 Å². The third-order valence-corrected chi connectivity index (χ3v) is 7.21. The van der Waals surface area contributed by atoms with Crippen LogP contribution in [0.2, 0.25) is 5.02 Å². The molecule has 0 bridgehead atoms. The van der Waals surface area contributed by atoms with E-state index in [2.05, 4.69) is 15.1 Å². The Kier molecular flexibility index (Phi) is 5.74. The number of carbonyl (C=O) groups is 1. The lowest BCUT2D eigenvalue weighted by Crippen LogP contribution is -2.56. The molecular weight excluding hydrogens is 506 g/mol. The summed E-state index contributed by atoms with van der Waals surface area (Å²) < 4.78 is 35.2. The van der Waals surface area contributed by atoms with E-state index in [-0.39, 0.29) is 24.0 Å². The number of nitrogens with zero attached hydrogens (tertiary/aromatic N) is 5. The van der Waals surface area contributed by atoms with Crippen LogP contribution < -0.4 is 10.6 Å². The number of pyridine rings is 1. The number of halogens is 3. The zero-order valence-corrected chi connectivity index (χ0v) is 20.5. The predicted octanol–water partition coefficient (Wildman–Crippen LogP) is 3.67. The second-order valence-corrected chi connectivity index (χ2v) is 9.92. The summed E-state index contributed by atoms with van der Waals surface area (Å²) >= 11 is 6.18. The number of benzene rings is 1. The lowest BCUT2D eigenvalue weighted by Gasteiger charge is -2.45. The van der Waals surface area contributed by atoms with Gasteiger partial charge in [0.15, 0.2) is 5.65 Å². The Balaban J connectivity index is 1.54. The smallest absolute Gasteiger partial charge is 0.283 e. The molecule has 2 aliphatic rings. The molecule has 1 saturated heterocycles. The number of nitrogens with two attached hydrogens (primary N) is 1. The fourth-order valence-corrected chi connectivity index (χ4v) is 5.28. The van der Waals surface area contributed by atoms with Gasteiger partial charge in [0.1, 0.15) is 17.1 Å². The Labute approximate surface area is 214 Å². The first kappa shape index (κ1) is 24.0. The third-order valence-electron chi connectivity index (χ3n) is 6.98. The molecule has 2 fully saturated rings. The first-order valence-electron chi connectivity index (χ1n) is 11.9. The monoisotopic (exact) mass is 528 g/mol. The molecular formula is C25H23ClF2N6O3. The summed E-state index contributed by atoms with van der Waals surface area (Å²) in [7, 11) is 0. The number of primary amides is 1. The van der Waals surface area contributed by atoms with Crippen molar-refractivity contribution in [2.45, 2.75) is 44.5 Å². The maximum absolute atomic E-state index is 13.9. The SMILES string of the molecule is Cc1nc2c(C(N)=O)c(C(F)F)nn2c(N2CC(OC3CC(O)C3)C2)c1-c1ccnc2cc(Cl)ccc12. The summed E-state index contributed by atoms with van der Waals surface area (Å²) in [6, 6.07) is 7.17. The molecule has 6 rings (SSSR count). The van der Waals surface area contributed by atoms with Crippen LogP contribution in [0.4, 0.5) is 14.6 Å². The van der Waals surface area contributed by atoms with Crippen LogP contribution in [0.3, 0.4) is 0 Å². The van der Waals surface area contributed by atoms with E-state index < -0.39 is 23.6 Å². The van der Waals surface area contributed by atoms with Crippen LogP contribution in [0.25, 0.3) is 27.7 Å². The second kappa shape index (κ2) is 8.86. The summed E-state index contributed by atoms with van der Waals surface area (Å²) in [5.74, 6) is -0.513. The molecule has 12 heteroatoms. The van der Waals surface area contributed by atoms with E-state index in [0.717, 1.165) is 10.9 Å². The number of hydrogen-bond donors (Lipinski definition) is 2. The van der Waals surface area contributed by atoms with Gasteiger partial charge in [-0.15, -0.1) is 0 Å². The molecule has 1 saturated carbocycles. The molecule has 3 N–H and O–H groups in total. The van der Waals surface area contributed by atoms with Crippen molar-refractivity contribution in [2.75, 3.05) is 18.0 Å². The molecule has 0 unspecified atom stereocenters. The van der Waals surface area contributed by atoms with E-state index in [0.29, 0.717) is 53.5 Å². The number of rotatable bonds is 6. The first-order chi connectivity index (χ1) is 17.7. The molecule has 1 amide bonds. The Bertz CT molecular complexity index is 1550. The van der Waals surface area contributed by atoms with Crippen molar-refractivity contribution in [3.8, 4) is 11.1 Å². The molecule has 0 atom stereocenters. The molecule has 0 radical (unpaired) electrons. The number of aliphatic hydroxyl groups excluding tert-OH is 1. The van der Waals surface area contributed by atoms with Gasteiger partial charge < -0.3 is 20.5 Å². The van der Waals surface area contributed by atoms with Crippen molar-refractivity contribution in [2.24, 2.45) is 5.73 Å². The quantitative estimate of drug-likeness (QED) is 0.392.